The van der Waals surface area contributed by atoms with E-state index >= 15 is 0 Å². The Balaban J connectivity index is 2.49. The van der Waals surface area contributed by atoms with Crippen LogP contribution >= 0.6 is 0 Å². The minimum absolute atomic E-state index is 0.0414. The molecule has 94 valence electrons. The van der Waals surface area contributed by atoms with Crippen LogP contribution in [0.15, 0.2) is 41.2 Å². The number of aromatic carboxylic acids is 1. The Hall–Kier alpha value is -2.30. The van der Waals surface area contributed by atoms with Crippen molar-refractivity contribution in [2.45, 2.75) is 19.4 Å². The van der Waals surface area contributed by atoms with E-state index < -0.39 is 11.6 Å². The summed E-state index contributed by atoms with van der Waals surface area (Å²) in [7, 11) is 0. The number of ether oxygens (including phenoxy) is 1. The molecule has 1 heterocycles. The van der Waals surface area contributed by atoms with Crippen molar-refractivity contribution in [3.05, 3.63) is 41.8 Å². The molecule has 5 heteroatoms. The van der Waals surface area contributed by atoms with E-state index in [1.54, 1.807) is 24.3 Å². The van der Waals surface area contributed by atoms with E-state index in [2.05, 4.69) is 4.99 Å². The van der Waals surface area contributed by atoms with Crippen molar-refractivity contribution in [1.29, 1.82) is 0 Å². The molecule has 0 unspecified atom stereocenters. The first-order valence-electron chi connectivity index (χ1n) is 5.46. The highest BCUT2D eigenvalue weighted by Crippen LogP contribution is 2.27. The topological polar surface area (TPSA) is 87.7 Å². The Labute approximate surface area is 105 Å². The number of hydrogen-bond acceptors (Lipinski definition) is 5. The van der Waals surface area contributed by atoms with Crippen LogP contribution in [-0.4, -0.2) is 17.3 Å². The molecule has 1 aliphatic rings. The highest BCUT2D eigenvalue weighted by atomic mass is 16.5. The number of nitrogens with two attached hydrogens (primary N) is 1. The van der Waals surface area contributed by atoms with Crippen LogP contribution in [0.25, 0.3) is 0 Å². The molecule has 0 saturated carbocycles. The van der Waals surface area contributed by atoms with Gasteiger partial charge in [-0.3, -0.25) is 0 Å². The number of carboxylic acid groups (broad SMARTS) is 1. The summed E-state index contributed by atoms with van der Waals surface area (Å²) in [6, 6.07) is 6.39. The molecule has 18 heavy (non-hydrogen) atoms. The summed E-state index contributed by atoms with van der Waals surface area (Å²) >= 11 is 0. The Kier molecular flexibility index (Phi) is 2.82. The largest absolute Gasteiger partial charge is 0.545 e. The third-order valence-corrected chi connectivity index (χ3v) is 2.63. The van der Waals surface area contributed by atoms with Crippen molar-refractivity contribution in [2.75, 3.05) is 0 Å². The number of carbonyl (C=O) groups excluding carboxylic acids is 1. The van der Waals surface area contributed by atoms with E-state index in [1.165, 1.54) is 6.07 Å². The second-order valence-electron chi connectivity index (χ2n) is 4.46. The fourth-order valence-electron chi connectivity index (χ4n) is 1.73. The van der Waals surface area contributed by atoms with E-state index in [4.69, 9.17) is 10.5 Å². The number of carboxylic acids is 1. The minimum atomic E-state index is -1.26. The van der Waals surface area contributed by atoms with E-state index in [0.29, 0.717) is 11.4 Å². The zero-order valence-corrected chi connectivity index (χ0v) is 10.1. The molecule has 0 atom stereocenters. The quantitative estimate of drug-likeness (QED) is 0.832. The molecule has 1 aromatic carbocycles. The van der Waals surface area contributed by atoms with Gasteiger partial charge in [-0.25, -0.2) is 4.99 Å². The van der Waals surface area contributed by atoms with Gasteiger partial charge >= 0.3 is 0 Å². The van der Waals surface area contributed by atoms with Gasteiger partial charge in [0.1, 0.15) is 5.60 Å². The van der Waals surface area contributed by atoms with Crippen molar-refractivity contribution in [3.63, 3.8) is 0 Å². The van der Waals surface area contributed by atoms with Crippen LogP contribution in [0, 0.1) is 0 Å². The molecule has 5 nitrogen and oxygen atoms in total. The van der Waals surface area contributed by atoms with E-state index in [9.17, 15) is 9.90 Å². The van der Waals surface area contributed by atoms with Gasteiger partial charge < -0.3 is 20.4 Å². The maximum absolute atomic E-state index is 11.0. The van der Waals surface area contributed by atoms with Crippen LogP contribution in [0.1, 0.15) is 24.2 Å². The molecule has 0 radical (unpaired) electrons. The number of para-hydroxylation sites is 1. The van der Waals surface area contributed by atoms with Crippen molar-refractivity contribution in [3.8, 4) is 0 Å². The number of benzene rings is 1. The SMILES string of the molecule is CC1(C)OC(N)=CC1=Nc1ccccc1C(=O)[O-]. The molecule has 0 amide bonds. The molecule has 0 aromatic heterocycles. The van der Waals surface area contributed by atoms with Crippen LogP contribution in [0.2, 0.25) is 0 Å². The van der Waals surface area contributed by atoms with Gasteiger partial charge in [-0.15, -0.1) is 0 Å². The molecule has 0 spiro atoms. The van der Waals surface area contributed by atoms with Crippen LogP contribution in [0.3, 0.4) is 0 Å². The number of carbonyl (C=O) groups is 1. The van der Waals surface area contributed by atoms with E-state index in [0.717, 1.165) is 0 Å². The lowest BCUT2D eigenvalue weighted by Gasteiger charge is -2.19. The summed E-state index contributed by atoms with van der Waals surface area (Å²) < 4.78 is 5.38. The van der Waals surface area contributed by atoms with Gasteiger partial charge in [-0.1, -0.05) is 18.2 Å². The predicted octanol–water partition coefficient (Wildman–Crippen LogP) is 0.731. The van der Waals surface area contributed by atoms with E-state index in [-0.39, 0.29) is 11.4 Å². The van der Waals surface area contributed by atoms with Crippen molar-refractivity contribution in [1.82, 2.24) is 0 Å². The summed E-state index contributed by atoms with van der Waals surface area (Å²) in [5, 5.41) is 11.0. The lowest BCUT2D eigenvalue weighted by Crippen LogP contribution is -2.29. The van der Waals surface area contributed by atoms with Gasteiger partial charge in [0.2, 0.25) is 0 Å². The minimum Gasteiger partial charge on any atom is -0.545 e. The van der Waals surface area contributed by atoms with E-state index in [1.807, 2.05) is 13.8 Å². The van der Waals surface area contributed by atoms with Crippen LogP contribution in [0.4, 0.5) is 5.69 Å². The predicted molar refractivity (Wildman–Crippen MR) is 65.3 cm³/mol. The van der Waals surface area contributed by atoms with Gasteiger partial charge in [0, 0.05) is 11.6 Å². The fraction of sp³-hybridized carbons (Fsp3) is 0.231. The second kappa shape index (κ2) is 4.18. The highest BCUT2D eigenvalue weighted by molar-refractivity contribution is 6.06. The molecule has 0 saturated heterocycles. The standard InChI is InChI=1S/C13H14N2O3/c1-13(2)10(7-11(14)18-13)15-9-6-4-3-5-8(9)12(16)17/h3-7H,14H2,1-2H3,(H,16,17)/p-1. The third kappa shape index (κ3) is 2.20. The second-order valence-corrected chi connectivity index (χ2v) is 4.46. The Morgan fingerprint density at radius 2 is 2.06 bits per heavy atom. The highest BCUT2D eigenvalue weighted by Gasteiger charge is 2.32. The lowest BCUT2D eigenvalue weighted by molar-refractivity contribution is -0.254. The lowest BCUT2D eigenvalue weighted by atomic mass is 10.0. The number of aliphatic imine (C=N–C) groups is 1. The normalized spacial score (nSPS) is 19.4. The van der Waals surface area contributed by atoms with Crippen LogP contribution in [0.5, 0.6) is 0 Å². The molecule has 1 aromatic rings. The Morgan fingerprint density at radius 1 is 1.39 bits per heavy atom. The van der Waals surface area contributed by atoms with Crippen LogP contribution in [-0.2, 0) is 4.74 Å². The van der Waals surface area contributed by atoms with Crippen LogP contribution < -0.4 is 10.8 Å². The Morgan fingerprint density at radius 3 is 2.61 bits per heavy atom. The zero-order chi connectivity index (χ0) is 13.3. The summed E-state index contributed by atoms with van der Waals surface area (Å²) in [5.74, 6) is -0.992. The summed E-state index contributed by atoms with van der Waals surface area (Å²) in [4.78, 5) is 15.3. The number of rotatable bonds is 2. The first-order chi connectivity index (χ1) is 8.40. The molecule has 2 N–H and O–H groups in total. The maximum atomic E-state index is 11.0. The molecule has 2 rings (SSSR count). The molecule has 0 bridgehead atoms. The summed E-state index contributed by atoms with van der Waals surface area (Å²) in [6.45, 7) is 3.62. The molecule has 0 fully saturated rings. The number of nitrogens with zero attached hydrogens (tertiary/aromatic N) is 1. The zero-order valence-electron chi connectivity index (χ0n) is 10.1. The molecule has 0 aliphatic carbocycles. The van der Waals surface area contributed by atoms with Gasteiger partial charge in [0.05, 0.1) is 17.4 Å². The molecular formula is C13H13N2O3-. The van der Waals surface area contributed by atoms with Gasteiger partial charge in [0.15, 0.2) is 5.88 Å². The fourth-order valence-corrected chi connectivity index (χ4v) is 1.73. The van der Waals surface area contributed by atoms with Crippen molar-refractivity contribution in [2.24, 2.45) is 10.7 Å². The number of hydrogen-bond donors (Lipinski definition) is 1. The third-order valence-electron chi connectivity index (χ3n) is 2.63. The van der Waals surface area contributed by atoms with Gasteiger partial charge in [0.25, 0.3) is 0 Å². The average molecular weight is 245 g/mol. The molecule has 1 aliphatic heterocycles. The monoisotopic (exact) mass is 245 g/mol. The summed E-state index contributed by atoms with van der Waals surface area (Å²) in [6.07, 6.45) is 1.59. The van der Waals surface area contributed by atoms with Gasteiger partial charge in [-0.2, -0.15) is 0 Å². The summed E-state index contributed by atoms with van der Waals surface area (Å²) in [5.41, 5.74) is 5.87. The average Bonchev–Trinajstić information content (AvgIpc) is 2.52. The molecular weight excluding hydrogens is 232 g/mol. The van der Waals surface area contributed by atoms with Crippen molar-refractivity contribution < 1.29 is 14.6 Å². The first-order valence-corrected chi connectivity index (χ1v) is 5.46. The van der Waals surface area contributed by atoms with Crippen molar-refractivity contribution >= 4 is 17.4 Å². The maximum Gasteiger partial charge on any atom is 0.187 e. The first kappa shape index (κ1) is 12.2. The van der Waals surface area contributed by atoms with Gasteiger partial charge in [-0.05, 0) is 19.9 Å². The Bertz CT molecular complexity index is 559. The smallest absolute Gasteiger partial charge is 0.187 e.